The van der Waals surface area contributed by atoms with Crippen LogP contribution in [-0.4, -0.2) is 113 Å². The van der Waals surface area contributed by atoms with Gasteiger partial charge < -0.3 is 92.7 Å². The van der Waals surface area contributed by atoms with Gasteiger partial charge in [0, 0.05) is 28.8 Å². The van der Waals surface area contributed by atoms with Gasteiger partial charge in [0.25, 0.3) is 0 Å². The maximum absolute atomic E-state index is 15.7. The van der Waals surface area contributed by atoms with Crippen molar-refractivity contribution in [2.75, 3.05) is 0 Å². The van der Waals surface area contributed by atoms with Crippen LogP contribution in [0.3, 0.4) is 0 Å². The first kappa shape index (κ1) is 57.0. The van der Waals surface area contributed by atoms with Gasteiger partial charge in [0.2, 0.25) is 41.2 Å². The number of ether oxygens (including phenoxy) is 3. The molecule has 85 heavy (non-hydrogen) atoms. The average Bonchev–Trinajstić information content (AvgIpc) is 3.62. The molecular formula is C58H49Cl2N7O18. The largest absolute Gasteiger partial charge is 0.508 e. The van der Waals surface area contributed by atoms with Crippen LogP contribution >= 0.6 is 23.2 Å². The van der Waals surface area contributed by atoms with Crippen LogP contribution in [0, 0.1) is 5.92 Å². The summed E-state index contributed by atoms with van der Waals surface area (Å²) in [6, 6.07) is 0.600. The van der Waals surface area contributed by atoms with Crippen molar-refractivity contribution in [1.82, 2.24) is 31.9 Å². The van der Waals surface area contributed by atoms with Crippen molar-refractivity contribution in [2.45, 2.75) is 73.4 Å². The van der Waals surface area contributed by atoms with Gasteiger partial charge in [-0.15, -0.1) is 0 Å². The summed E-state index contributed by atoms with van der Waals surface area (Å²) >= 11 is 13.7. The van der Waals surface area contributed by atoms with Crippen molar-refractivity contribution >= 4 is 64.6 Å². The number of carboxylic acids is 1. The van der Waals surface area contributed by atoms with Crippen molar-refractivity contribution in [1.29, 1.82) is 0 Å². The number of amides is 6. The number of aliphatic hydroxyl groups excluding tert-OH is 2. The Kier molecular flexibility index (Phi) is 15.0. The lowest BCUT2D eigenvalue weighted by atomic mass is 9.89. The summed E-state index contributed by atoms with van der Waals surface area (Å²) in [5, 5.41) is 105. The van der Waals surface area contributed by atoms with E-state index in [0.29, 0.717) is 0 Å². The molecule has 27 heteroatoms. The van der Waals surface area contributed by atoms with E-state index < -0.39 is 165 Å². The number of carbonyl (C=O) groups excluding carboxylic acids is 6. The van der Waals surface area contributed by atoms with E-state index in [1.807, 2.05) is 0 Å². The van der Waals surface area contributed by atoms with Gasteiger partial charge in [0.05, 0.1) is 10.1 Å². The molecule has 6 amide bonds. The van der Waals surface area contributed by atoms with E-state index in [2.05, 4.69) is 31.9 Å². The highest BCUT2D eigenvalue weighted by molar-refractivity contribution is 6.32. The highest BCUT2D eigenvalue weighted by Crippen LogP contribution is 2.47. The summed E-state index contributed by atoms with van der Waals surface area (Å²) in [5.41, 5.74) is 4.30. The van der Waals surface area contributed by atoms with E-state index >= 15 is 14.4 Å². The Labute approximate surface area is 489 Å². The second kappa shape index (κ2) is 22.4. The predicted octanol–water partition coefficient (Wildman–Crippen LogP) is 3.23. The first-order valence-electron chi connectivity index (χ1n) is 26.0. The molecule has 2 aliphatic carbocycles. The molecule has 6 aliphatic heterocycles. The highest BCUT2D eigenvalue weighted by atomic mass is 35.5. The predicted molar refractivity (Wildman–Crippen MR) is 296 cm³/mol. The van der Waals surface area contributed by atoms with Crippen LogP contribution in [0.4, 0.5) is 0 Å². The molecule has 8 aliphatic rings. The minimum Gasteiger partial charge on any atom is -0.508 e. The van der Waals surface area contributed by atoms with Gasteiger partial charge in [0.1, 0.15) is 94.8 Å². The number of nitrogens with two attached hydrogens (primary N) is 1. The maximum atomic E-state index is 15.7. The van der Waals surface area contributed by atoms with Gasteiger partial charge in [-0.3, -0.25) is 28.8 Å². The molecule has 5 aromatic rings. The third kappa shape index (κ3) is 11.2. The SMILES string of the molecule is N[C@H]1C(=O)N[C@@H]2CC3C=C(Cl)C(=CC3)Oc3cc4cc(c3O)Oc3ccc(cc3Cl)[C@@H](O)[C@@H]3NC(=O)[C@H](NC(=O)[C@@H]4NC(=O)[C@@H](NC2=O)c2cc(O)cc(c2)OC2C=C1C=CC2O)c1ccc(O)c(c1)-c1c(O)cc(O)cc1[C@@H](C(=O)O)NC3=O. The van der Waals surface area contributed by atoms with Gasteiger partial charge in [-0.25, -0.2) is 4.79 Å². The number of carboxylic acid groups (broad SMARTS) is 1. The molecule has 16 N–H and O–H groups in total. The molecule has 0 spiro atoms. The lowest BCUT2D eigenvalue weighted by Crippen LogP contribution is -2.55. The Morgan fingerprint density at radius 3 is 1.99 bits per heavy atom. The normalized spacial score (nSPS) is 26.5. The number of phenolic OH excluding ortho intramolecular Hbond substituents is 5. The lowest BCUT2D eigenvalue weighted by Gasteiger charge is -2.32. The lowest BCUT2D eigenvalue weighted by molar-refractivity contribution is -0.143. The number of aliphatic carboxylic acids is 1. The molecule has 25 nitrogen and oxygen atoms in total. The molecule has 11 atom stereocenters. The van der Waals surface area contributed by atoms with E-state index in [0.717, 1.165) is 60.7 Å². The number of halogens is 2. The van der Waals surface area contributed by atoms with Crippen LogP contribution in [0.15, 0.2) is 126 Å². The molecule has 5 aromatic carbocycles. The summed E-state index contributed by atoms with van der Waals surface area (Å²) in [6.45, 7) is 0. The van der Waals surface area contributed by atoms with Gasteiger partial charge in [-0.05, 0) is 113 Å². The molecule has 0 fully saturated rings. The van der Waals surface area contributed by atoms with E-state index in [1.54, 1.807) is 0 Å². The molecular weight excluding hydrogens is 1150 g/mol. The minimum atomic E-state index is -2.19. The zero-order chi connectivity index (χ0) is 60.4. The van der Waals surface area contributed by atoms with E-state index in [4.69, 9.17) is 43.1 Å². The number of phenols is 5. The van der Waals surface area contributed by atoms with E-state index in [1.165, 1.54) is 48.6 Å². The van der Waals surface area contributed by atoms with Crippen LogP contribution in [-0.2, 0) is 33.6 Å². The van der Waals surface area contributed by atoms with Crippen LogP contribution in [0.2, 0.25) is 5.02 Å². The highest BCUT2D eigenvalue weighted by Gasteiger charge is 2.42. The second-order valence-corrected chi connectivity index (χ2v) is 21.5. The monoisotopic (exact) mass is 1200 g/mol. The third-order valence-corrected chi connectivity index (χ3v) is 15.6. The molecule has 17 bridgehead atoms. The number of benzene rings is 5. The van der Waals surface area contributed by atoms with Crippen LogP contribution < -0.4 is 51.8 Å². The minimum absolute atomic E-state index is 0.0542. The number of hydrogen-bond acceptors (Lipinski definition) is 18. The van der Waals surface area contributed by atoms with Gasteiger partial charge in [-0.2, -0.15) is 0 Å². The second-order valence-electron chi connectivity index (χ2n) is 20.7. The van der Waals surface area contributed by atoms with Crippen LogP contribution in [0.1, 0.15) is 70.9 Å². The molecule has 0 saturated heterocycles. The fourth-order valence-electron chi connectivity index (χ4n) is 10.7. The number of hydrogen-bond donors (Lipinski definition) is 15. The number of carbonyl (C=O) groups is 7. The molecule has 6 heterocycles. The number of aliphatic hydroxyl groups is 2. The molecule has 13 rings (SSSR count). The zero-order valence-corrected chi connectivity index (χ0v) is 45.2. The Bertz CT molecular complexity index is 3850. The summed E-state index contributed by atoms with van der Waals surface area (Å²) in [7, 11) is 0. The average molecular weight is 1200 g/mol. The van der Waals surface area contributed by atoms with Crippen molar-refractivity contribution in [3.8, 4) is 62.9 Å². The molecule has 0 aromatic heterocycles. The fraction of sp³-hybridized carbons (Fsp3) is 0.224. The quantitative estimate of drug-likeness (QED) is 0.115. The first-order chi connectivity index (χ1) is 40.5. The number of aromatic hydroxyl groups is 5. The Morgan fingerprint density at radius 1 is 0.624 bits per heavy atom. The summed E-state index contributed by atoms with van der Waals surface area (Å²) in [5.74, 6) is -14.4. The van der Waals surface area contributed by atoms with Gasteiger partial charge in [-0.1, -0.05) is 53.6 Å². The number of nitrogens with one attached hydrogen (secondary N) is 6. The molecule has 438 valence electrons. The Morgan fingerprint density at radius 2 is 1.28 bits per heavy atom. The van der Waals surface area contributed by atoms with Crippen LogP contribution in [0.25, 0.3) is 11.1 Å². The zero-order valence-electron chi connectivity index (χ0n) is 43.7. The summed E-state index contributed by atoms with van der Waals surface area (Å²) in [4.78, 5) is 103. The maximum Gasteiger partial charge on any atom is 0.330 e. The Hall–Kier alpha value is -9.79. The third-order valence-electron chi connectivity index (χ3n) is 15.0. The van der Waals surface area contributed by atoms with Crippen molar-refractivity contribution < 1.29 is 88.6 Å². The number of rotatable bonds is 1. The topological polar surface area (TPSA) is 407 Å². The fourth-order valence-corrected chi connectivity index (χ4v) is 11.3. The molecule has 3 unspecified atom stereocenters. The summed E-state index contributed by atoms with van der Waals surface area (Å²) < 4.78 is 18.6. The van der Waals surface area contributed by atoms with E-state index in [-0.39, 0.29) is 68.0 Å². The summed E-state index contributed by atoms with van der Waals surface area (Å²) in [6.07, 6.45) is 2.38. The molecule has 0 saturated carbocycles. The number of allylic oxidation sites excluding steroid dienone is 3. The standard InChI is InChI=1S/C58H49Cl2N7O18/c59-32-9-21-1-7-38(32)84-41-16-26-17-42(51(41)74)85-39-8-4-24(14-33(39)60)50(73)49-57(80)66-48(58(81)82)31-19-28(69)20-37(72)43(31)30-13-23(3-5-35(30)70)45(54(77)67-49)64-56(79)47(26)65-55(78)46-25-11-27(68)18-29(12-25)83-40-15-22(2-6-36(40)71)44(61)53(76)62-34(10-21)52(75)63-46/h2-9,11-21,34,36,40,44-50,68-74H,1,10,61H2,(H,62,76)(H,63,75)(H,64,79)(H,65,78)(H,66,80)(H,67,77)(H,81,82)/t21?,34-,36?,40?,44-,45-,46+,47-,48+,49+,50-/m1/s1. The van der Waals surface area contributed by atoms with Gasteiger partial charge >= 0.3 is 5.97 Å². The smallest absolute Gasteiger partial charge is 0.330 e. The van der Waals surface area contributed by atoms with E-state index in [9.17, 15) is 60.0 Å². The van der Waals surface area contributed by atoms with Crippen molar-refractivity contribution in [2.24, 2.45) is 11.7 Å². The molecule has 0 radical (unpaired) electrons. The van der Waals surface area contributed by atoms with Gasteiger partial charge in [0.15, 0.2) is 17.5 Å². The first-order valence-corrected chi connectivity index (χ1v) is 26.8. The van der Waals surface area contributed by atoms with Crippen LogP contribution in [0.5, 0.6) is 51.7 Å². The Balaban J connectivity index is 1.13. The van der Waals surface area contributed by atoms with Crippen molar-refractivity contribution in [3.05, 3.63) is 158 Å². The number of fused-ring (bicyclic) bond motifs is 12. The van der Waals surface area contributed by atoms with Crippen molar-refractivity contribution in [3.63, 3.8) is 0 Å².